The molecule has 1 saturated heterocycles. The van der Waals surface area contributed by atoms with Gasteiger partial charge >= 0.3 is 0 Å². The van der Waals surface area contributed by atoms with Crippen LogP contribution in [-0.4, -0.2) is 45.0 Å². The largest absolute Gasteiger partial charge is 0.320 e. The SMILES string of the molecule is Cc1c(CN2CCSCC2)cccc1NC(=O)c1cncn1-c1ccc(F)cc1. The van der Waals surface area contributed by atoms with Crippen LogP contribution in [0.25, 0.3) is 5.69 Å². The van der Waals surface area contributed by atoms with Gasteiger partial charge in [0, 0.05) is 42.5 Å². The second-order valence-corrected chi connectivity index (χ2v) is 8.28. The molecule has 1 N–H and O–H groups in total. The molecule has 1 fully saturated rings. The number of aromatic nitrogens is 2. The van der Waals surface area contributed by atoms with E-state index < -0.39 is 0 Å². The van der Waals surface area contributed by atoms with Crippen molar-refractivity contribution in [1.82, 2.24) is 14.5 Å². The summed E-state index contributed by atoms with van der Waals surface area (Å²) in [5.41, 5.74) is 4.18. The van der Waals surface area contributed by atoms with Crippen LogP contribution in [-0.2, 0) is 6.54 Å². The number of hydrogen-bond donors (Lipinski definition) is 1. The molecule has 0 spiro atoms. The van der Waals surface area contributed by atoms with E-state index in [1.165, 1.54) is 35.4 Å². The van der Waals surface area contributed by atoms with Gasteiger partial charge in [-0.05, 0) is 48.4 Å². The van der Waals surface area contributed by atoms with Gasteiger partial charge in [0.1, 0.15) is 11.5 Å². The molecule has 1 aliphatic heterocycles. The molecular formula is C22H23FN4OS. The minimum atomic E-state index is -0.320. The fraction of sp³-hybridized carbons (Fsp3) is 0.273. The van der Waals surface area contributed by atoms with Crippen molar-refractivity contribution >= 4 is 23.4 Å². The van der Waals surface area contributed by atoms with Crippen LogP contribution in [0.15, 0.2) is 55.0 Å². The number of hydrogen-bond acceptors (Lipinski definition) is 4. The molecule has 0 saturated carbocycles. The Morgan fingerprint density at radius 3 is 2.69 bits per heavy atom. The lowest BCUT2D eigenvalue weighted by Crippen LogP contribution is -2.32. The second-order valence-electron chi connectivity index (χ2n) is 7.06. The highest BCUT2D eigenvalue weighted by Crippen LogP contribution is 2.23. The van der Waals surface area contributed by atoms with Gasteiger partial charge in [-0.15, -0.1) is 0 Å². The highest BCUT2D eigenvalue weighted by molar-refractivity contribution is 7.99. The van der Waals surface area contributed by atoms with Crippen molar-refractivity contribution in [1.29, 1.82) is 0 Å². The Kier molecular flexibility index (Phi) is 5.97. The third-order valence-electron chi connectivity index (χ3n) is 5.17. The van der Waals surface area contributed by atoms with E-state index >= 15 is 0 Å². The number of rotatable bonds is 5. The van der Waals surface area contributed by atoms with Crippen molar-refractivity contribution in [2.75, 3.05) is 29.9 Å². The van der Waals surface area contributed by atoms with Gasteiger partial charge in [0.05, 0.1) is 12.5 Å². The van der Waals surface area contributed by atoms with E-state index in [0.29, 0.717) is 11.4 Å². The Morgan fingerprint density at radius 1 is 1.17 bits per heavy atom. The first-order chi connectivity index (χ1) is 14.1. The van der Waals surface area contributed by atoms with Gasteiger partial charge in [-0.3, -0.25) is 14.3 Å². The second kappa shape index (κ2) is 8.80. The third kappa shape index (κ3) is 4.52. The fourth-order valence-corrected chi connectivity index (χ4v) is 4.43. The molecule has 1 aromatic heterocycles. The monoisotopic (exact) mass is 410 g/mol. The molecule has 1 amide bonds. The predicted molar refractivity (Wildman–Crippen MR) is 115 cm³/mol. The first kappa shape index (κ1) is 19.7. The lowest BCUT2D eigenvalue weighted by molar-refractivity contribution is 0.102. The summed E-state index contributed by atoms with van der Waals surface area (Å²) in [5, 5.41) is 3.02. The molecule has 2 aromatic carbocycles. The van der Waals surface area contributed by atoms with Crippen molar-refractivity contribution in [3.05, 3.63) is 77.6 Å². The summed E-state index contributed by atoms with van der Waals surface area (Å²) in [4.78, 5) is 19.5. The quantitative estimate of drug-likeness (QED) is 0.687. The lowest BCUT2D eigenvalue weighted by atomic mass is 10.1. The summed E-state index contributed by atoms with van der Waals surface area (Å²) >= 11 is 2.00. The van der Waals surface area contributed by atoms with Gasteiger partial charge in [-0.25, -0.2) is 9.37 Å². The van der Waals surface area contributed by atoms with Gasteiger partial charge in [-0.2, -0.15) is 11.8 Å². The zero-order valence-electron chi connectivity index (χ0n) is 16.3. The minimum absolute atomic E-state index is 0.249. The zero-order chi connectivity index (χ0) is 20.2. The maximum absolute atomic E-state index is 13.2. The maximum Gasteiger partial charge on any atom is 0.274 e. The van der Waals surface area contributed by atoms with Crippen molar-refractivity contribution < 1.29 is 9.18 Å². The number of carbonyl (C=O) groups excluding carboxylic acids is 1. The molecule has 0 aliphatic carbocycles. The summed E-state index contributed by atoms with van der Waals surface area (Å²) in [6.07, 6.45) is 3.07. The number of benzene rings is 2. The Balaban J connectivity index is 1.53. The fourth-order valence-electron chi connectivity index (χ4n) is 3.45. The Bertz CT molecular complexity index is 996. The number of nitrogens with one attached hydrogen (secondary N) is 1. The summed E-state index contributed by atoms with van der Waals surface area (Å²) in [7, 11) is 0. The van der Waals surface area contributed by atoms with Crippen LogP contribution >= 0.6 is 11.8 Å². The van der Waals surface area contributed by atoms with Gasteiger partial charge < -0.3 is 5.32 Å². The van der Waals surface area contributed by atoms with Crippen LogP contribution in [0.3, 0.4) is 0 Å². The minimum Gasteiger partial charge on any atom is -0.320 e. The summed E-state index contributed by atoms with van der Waals surface area (Å²) in [6.45, 7) is 5.12. The van der Waals surface area contributed by atoms with E-state index in [0.717, 1.165) is 30.9 Å². The zero-order valence-corrected chi connectivity index (χ0v) is 17.1. The van der Waals surface area contributed by atoms with Crippen LogP contribution in [0, 0.1) is 12.7 Å². The summed E-state index contributed by atoms with van der Waals surface area (Å²) in [5.74, 6) is 1.77. The van der Waals surface area contributed by atoms with Crippen molar-refractivity contribution in [3.8, 4) is 5.69 Å². The number of amides is 1. The number of carbonyl (C=O) groups is 1. The van der Waals surface area contributed by atoms with E-state index in [1.54, 1.807) is 23.0 Å². The number of imidazole rings is 1. The lowest BCUT2D eigenvalue weighted by Gasteiger charge is -2.27. The Hall–Kier alpha value is -2.64. The molecule has 150 valence electrons. The van der Waals surface area contributed by atoms with Gasteiger partial charge in [-0.1, -0.05) is 12.1 Å². The van der Waals surface area contributed by atoms with Crippen LogP contribution in [0.5, 0.6) is 0 Å². The predicted octanol–water partition coefficient (Wildman–Crippen LogP) is 4.12. The maximum atomic E-state index is 13.2. The molecule has 5 nitrogen and oxygen atoms in total. The molecule has 0 radical (unpaired) electrons. The summed E-state index contributed by atoms with van der Waals surface area (Å²) in [6, 6.07) is 12.0. The molecule has 0 atom stereocenters. The van der Waals surface area contributed by atoms with E-state index in [9.17, 15) is 9.18 Å². The molecule has 3 aromatic rings. The smallest absolute Gasteiger partial charge is 0.274 e. The molecule has 4 rings (SSSR count). The standard InChI is InChI=1S/C22H23FN4OS/c1-16-17(14-26-9-11-29-12-10-26)3-2-4-20(16)25-22(28)21-13-24-15-27(21)19-7-5-18(23)6-8-19/h2-8,13,15H,9-12,14H2,1H3,(H,25,28). The van der Waals surface area contributed by atoms with Gasteiger partial charge in [0.15, 0.2) is 0 Å². The van der Waals surface area contributed by atoms with Gasteiger partial charge in [0.2, 0.25) is 0 Å². The van der Waals surface area contributed by atoms with Crippen molar-refractivity contribution in [3.63, 3.8) is 0 Å². The van der Waals surface area contributed by atoms with Crippen LogP contribution in [0.2, 0.25) is 0 Å². The van der Waals surface area contributed by atoms with Crippen molar-refractivity contribution in [2.24, 2.45) is 0 Å². The van der Waals surface area contributed by atoms with E-state index in [-0.39, 0.29) is 11.7 Å². The molecule has 0 bridgehead atoms. The summed E-state index contributed by atoms with van der Waals surface area (Å²) < 4.78 is 14.9. The highest BCUT2D eigenvalue weighted by Gasteiger charge is 2.17. The van der Waals surface area contributed by atoms with E-state index in [4.69, 9.17) is 0 Å². The van der Waals surface area contributed by atoms with E-state index in [1.807, 2.05) is 30.8 Å². The number of anilines is 1. The molecular weight excluding hydrogens is 387 g/mol. The third-order valence-corrected chi connectivity index (χ3v) is 6.11. The van der Waals surface area contributed by atoms with Crippen LogP contribution in [0.4, 0.5) is 10.1 Å². The number of nitrogens with zero attached hydrogens (tertiary/aromatic N) is 3. The van der Waals surface area contributed by atoms with Crippen molar-refractivity contribution in [2.45, 2.75) is 13.5 Å². The number of halogens is 1. The average Bonchev–Trinajstić information content (AvgIpc) is 3.22. The number of thioether (sulfide) groups is 1. The van der Waals surface area contributed by atoms with Crippen LogP contribution < -0.4 is 5.32 Å². The first-order valence-corrected chi connectivity index (χ1v) is 10.8. The molecule has 2 heterocycles. The Labute approximate surface area is 173 Å². The van der Waals surface area contributed by atoms with E-state index in [2.05, 4.69) is 21.3 Å². The molecule has 0 unspecified atom stereocenters. The molecule has 29 heavy (non-hydrogen) atoms. The molecule has 7 heteroatoms. The normalized spacial score (nSPS) is 14.7. The van der Waals surface area contributed by atoms with Crippen LogP contribution in [0.1, 0.15) is 21.6 Å². The Morgan fingerprint density at radius 2 is 1.93 bits per heavy atom. The average molecular weight is 411 g/mol. The van der Waals surface area contributed by atoms with Gasteiger partial charge in [0.25, 0.3) is 5.91 Å². The first-order valence-electron chi connectivity index (χ1n) is 9.60. The molecule has 1 aliphatic rings. The topological polar surface area (TPSA) is 50.2 Å². The highest BCUT2D eigenvalue weighted by atomic mass is 32.2.